The normalized spacial score (nSPS) is 11.0. The summed E-state index contributed by atoms with van der Waals surface area (Å²) in [6.45, 7) is 0. The van der Waals surface area contributed by atoms with Crippen LogP contribution >= 0.6 is 0 Å². The average Bonchev–Trinajstić information content (AvgIpc) is 2.71. The molecule has 0 saturated carbocycles. The van der Waals surface area contributed by atoms with Gasteiger partial charge in [-0.15, -0.1) is 0 Å². The molecule has 0 N–H and O–H groups in total. The van der Waals surface area contributed by atoms with Crippen LogP contribution in [-0.2, 0) is 7.05 Å². The first-order valence-corrected chi connectivity index (χ1v) is 5.63. The first-order valence-electron chi connectivity index (χ1n) is 5.63. The zero-order valence-electron chi connectivity index (χ0n) is 9.89. The third-order valence-electron chi connectivity index (χ3n) is 3.02. The number of aryl methyl sites for hydroxylation is 1. The number of nitrogens with zero attached hydrogens (tertiary/aromatic N) is 2. The Labute approximate surface area is 105 Å². The van der Waals surface area contributed by atoms with Crippen LogP contribution in [0.15, 0.2) is 42.5 Å². The van der Waals surface area contributed by atoms with Crippen molar-refractivity contribution < 1.29 is 4.39 Å². The van der Waals surface area contributed by atoms with E-state index in [9.17, 15) is 4.39 Å². The van der Waals surface area contributed by atoms with Crippen LogP contribution in [0.3, 0.4) is 0 Å². The van der Waals surface area contributed by atoms with E-state index in [1.54, 1.807) is 12.1 Å². The summed E-state index contributed by atoms with van der Waals surface area (Å²) < 4.78 is 15.7. The van der Waals surface area contributed by atoms with Crippen molar-refractivity contribution in [3.63, 3.8) is 0 Å². The first kappa shape index (κ1) is 11.0. The first-order chi connectivity index (χ1) is 8.66. The molecule has 0 aliphatic rings. The molecule has 1 aromatic heterocycles. The van der Waals surface area contributed by atoms with Crippen LogP contribution in [0.2, 0.25) is 0 Å². The van der Waals surface area contributed by atoms with Gasteiger partial charge in [0.1, 0.15) is 19.5 Å². The maximum atomic E-state index is 13.9. The van der Waals surface area contributed by atoms with Crippen LogP contribution in [0.5, 0.6) is 0 Å². The number of aromatic nitrogens is 2. The molecule has 4 heteroatoms. The van der Waals surface area contributed by atoms with E-state index >= 15 is 0 Å². The molecule has 0 atom stereocenters. The van der Waals surface area contributed by atoms with Crippen molar-refractivity contribution in [1.29, 1.82) is 0 Å². The highest BCUT2D eigenvalue weighted by atomic mass is 19.1. The van der Waals surface area contributed by atoms with E-state index in [0.717, 1.165) is 11.0 Å². The summed E-state index contributed by atoms with van der Waals surface area (Å²) in [5.74, 6) is 0.267. The zero-order chi connectivity index (χ0) is 12.7. The lowest BCUT2D eigenvalue weighted by molar-refractivity contribution is 0.629. The lowest BCUT2D eigenvalue weighted by Gasteiger charge is -2.05. The van der Waals surface area contributed by atoms with Gasteiger partial charge in [-0.3, -0.25) is 0 Å². The molecule has 2 nitrogen and oxygen atoms in total. The Balaban J connectivity index is 2.31. The van der Waals surface area contributed by atoms with Crippen LogP contribution in [-0.4, -0.2) is 17.4 Å². The Kier molecular flexibility index (Phi) is 2.44. The summed E-state index contributed by atoms with van der Waals surface area (Å²) in [6.07, 6.45) is 0. The van der Waals surface area contributed by atoms with Gasteiger partial charge in [-0.1, -0.05) is 29.7 Å². The highest BCUT2D eigenvalue weighted by molar-refractivity contribution is 6.32. The Morgan fingerprint density at radius 1 is 1.17 bits per heavy atom. The van der Waals surface area contributed by atoms with E-state index in [0.29, 0.717) is 16.9 Å². The van der Waals surface area contributed by atoms with E-state index in [2.05, 4.69) is 4.98 Å². The number of rotatable bonds is 1. The lowest BCUT2D eigenvalue weighted by atomic mass is 9.94. The Morgan fingerprint density at radius 2 is 1.94 bits per heavy atom. The standard InChI is InChI=1S/C14H10BFN2/c1-18-13-5-3-2-4-12(13)17-14(18)10-8-9(15)6-7-11(10)16/h2-8H,1H3. The Morgan fingerprint density at radius 3 is 2.72 bits per heavy atom. The molecule has 0 spiro atoms. The molecular formula is C14H10BFN2. The van der Waals surface area contributed by atoms with E-state index < -0.39 is 0 Å². The fourth-order valence-corrected chi connectivity index (χ4v) is 2.10. The van der Waals surface area contributed by atoms with Crippen molar-refractivity contribution in [3.8, 4) is 11.4 Å². The molecule has 2 radical (unpaired) electrons. The summed E-state index contributed by atoms with van der Waals surface area (Å²) in [6, 6.07) is 12.2. The summed E-state index contributed by atoms with van der Waals surface area (Å²) in [7, 11) is 7.57. The van der Waals surface area contributed by atoms with Crippen LogP contribution in [0.1, 0.15) is 0 Å². The van der Waals surface area contributed by atoms with Crippen molar-refractivity contribution in [2.24, 2.45) is 7.05 Å². The zero-order valence-corrected chi connectivity index (χ0v) is 9.89. The van der Waals surface area contributed by atoms with Crippen molar-refractivity contribution in [2.45, 2.75) is 0 Å². The monoisotopic (exact) mass is 236 g/mol. The molecule has 0 unspecified atom stereocenters. The minimum Gasteiger partial charge on any atom is -0.327 e. The third-order valence-corrected chi connectivity index (χ3v) is 3.02. The second kappa shape index (κ2) is 3.98. The quantitative estimate of drug-likeness (QED) is 0.592. The maximum Gasteiger partial charge on any atom is 0.143 e. The predicted molar refractivity (Wildman–Crippen MR) is 71.5 cm³/mol. The summed E-state index contributed by atoms with van der Waals surface area (Å²) >= 11 is 0. The van der Waals surface area contributed by atoms with E-state index in [4.69, 9.17) is 7.85 Å². The molecule has 0 aliphatic heterocycles. The van der Waals surface area contributed by atoms with Crippen LogP contribution in [0, 0.1) is 5.82 Å². The van der Waals surface area contributed by atoms with Crippen LogP contribution in [0.4, 0.5) is 4.39 Å². The van der Waals surface area contributed by atoms with Crippen LogP contribution in [0.25, 0.3) is 22.4 Å². The van der Waals surface area contributed by atoms with Gasteiger partial charge in [0.15, 0.2) is 0 Å². The Bertz CT molecular complexity index is 734. The second-order valence-corrected chi connectivity index (χ2v) is 4.22. The number of para-hydroxylation sites is 2. The second-order valence-electron chi connectivity index (χ2n) is 4.22. The van der Waals surface area contributed by atoms with Gasteiger partial charge in [0.2, 0.25) is 0 Å². The van der Waals surface area contributed by atoms with E-state index in [1.165, 1.54) is 6.07 Å². The number of benzene rings is 2. The van der Waals surface area contributed by atoms with E-state index in [-0.39, 0.29) is 5.82 Å². The van der Waals surface area contributed by atoms with Crippen molar-refractivity contribution in [2.75, 3.05) is 0 Å². The highest BCUT2D eigenvalue weighted by Gasteiger charge is 2.13. The molecule has 3 aromatic rings. The maximum absolute atomic E-state index is 13.9. The average molecular weight is 236 g/mol. The number of imidazole rings is 1. The van der Waals surface area contributed by atoms with Gasteiger partial charge in [-0.2, -0.15) is 0 Å². The van der Waals surface area contributed by atoms with Gasteiger partial charge >= 0.3 is 0 Å². The van der Waals surface area contributed by atoms with Gasteiger partial charge < -0.3 is 4.57 Å². The summed E-state index contributed by atoms with van der Waals surface area (Å²) in [5, 5.41) is 0. The molecule has 1 heterocycles. The van der Waals surface area contributed by atoms with Gasteiger partial charge in [0.25, 0.3) is 0 Å². The largest absolute Gasteiger partial charge is 0.327 e. The van der Waals surface area contributed by atoms with Gasteiger partial charge in [-0.05, 0) is 18.2 Å². The van der Waals surface area contributed by atoms with Gasteiger partial charge in [0.05, 0.1) is 16.6 Å². The lowest BCUT2D eigenvalue weighted by Crippen LogP contribution is -2.04. The third kappa shape index (κ3) is 1.61. The summed E-state index contributed by atoms with van der Waals surface area (Å²) in [5.41, 5.74) is 2.76. The molecule has 0 amide bonds. The van der Waals surface area contributed by atoms with Gasteiger partial charge in [-0.25, -0.2) is 9.37 Å². The molecule has 2 aromatic carbocycles. The van der Waals surface area contributed by atoms with Crippen molar-refractivity contribution >= 4 is 24.3 Å². The molecule has 0 fully saturated rings. The van der Waals surface area contributed by atoms with Crippen LogP contribution < -0.4 is 5.46 Å². The minimum atomic E-state index is -0.317. The highest BCUT2D eigenvalue weighted by Crippen LogP contribution is 2.24. The smallest absolute Gasteiger partial charge is 0.143 e. The van der Waals surface area contributed by atoms with Crippen molar-refractivity contribution in [1.82, 2.24) is 9.55 Å². The topological polar surface area (TPSA) is 17.8 Å². The number of fused-ring (bicyclic) bond motifs is 1. The molecular weight excluding hydrogens is 226 g/mol. The molecule has 18 heavy (non-hydrogen) atoms. The molecule has 0 aliphatic carbocycles. The number of hydrogen-bond donors (Lipinski definition) is 0. The fraction of sp³-hybridized carbons (Fsp3) is 0.0714. The predicted octanol–water partition coefficient (Wildman–Crippen LogP) is 2.17. The Hall–Kier alpha value is -2.10. The molecule has 0 saturated heterocycles. The van der Waals surface area contributed by atoms with E-state index in [1.807, 2.05) is 35.9 Å². The minimum absolute atomic E-state index is 0.317. The number of halogens is 1. The molecule has 86 valence electrons. The summed E-state index contributed by atoms with van der Waals surface area (Å²) in [4.78, 5) is 4.45. The van der Waals surface area contributed by atoms with Crippen molar-refractivity contribution in [3.05, 3.63) is 48.3 Å². The fourth-order valence-electron chi connectivity index (χ4n) is 2.10. The number of hydrogen-bond acceptors (Lipinski definition) is 1. The molecule has 3 rings (SSSR count). The van der Waals surface area contributed by atoms with Gasteiger partial charge in [0, 0.05) is 7.05 Å². The SMILES string of the molecule is [B]c1ccc(F)c(-c2nc3ccccc3n2C)c1. The molecule has 0 bridgehead atoms.